The van der Waals surface area contributed by atoms with E-state index in [1.807, 2.05) is 11.8 Å². The molecule has 0 fully saturated rings. The Morgan fingerprint density at radius 2 is 1.76 bits per heavy atom. The third kappa shape index (κ3) is 7.73. The predicted molar refractivity (Wildman–Crippen MR) is 98.1 cm³/mol. The minimum atomic E-state index is 0.794. The van der Waals surface area contributed by atoms with Gasteiger partial charge < -0.3 is 0 Å². The SMILES string of the molecule is CCN(CC)CC(C)=Cc1ccc(SCCC(C)C)cc1. The molecule has 1 aromatic rings. The first-order chi connectivity index (χ1) is 10.0. The van der Waals surface area contributed by atoms with Crippen LogP contribution in [-0.2, 0) is 0 Å². The molecule has 1 rings (SSSR count). The van der Waals surface area contributed by atoms with Crippen LogP contribution < -0.4 is 0 Å². The number of hydrogen-bond donors (Lipinski definition) is 0. The lowest BCUT2D eigenvalue weighted by molar-refractivity contribution is 0.330. The molecule has 0 aliphatic heterocycles. The van der Waals surface area contributed by atoms with Crippen molar-refractivity contribution in [3.63, 3.8) is 0 Å². The van der Waals surface area contributed by atoms with Gasteiger partial charge in [0.25, 0.3) is 0 Å². The largest absolute Gasteiger partial charge is 0.300 e. The van der Waals surface area contributed by atoms with E-state index in [0.717, 1.165) is 25.6 Å². The fourth-order valence-electron chi connectivity index (χ4n) is 2.20. The maximum absolute atomic E-state index is 2.45. The van der Waals surface area contributed by atoms with E-state index in [-0.39, 0.29) is 0 Å². The van der Waals surface area contributed by atoms with Crippen molar-refractivity contribution >= 4 is 17.8 Å². The summed E-state index contributed by atoms with van der Waals surface area (Å²) >= 11 is 1.97. The van der Waals surface area contributed by atoms with Crippen molar-refractivity contribution in [2.75, 3.05) is 25.4 Å². The smallest absolute Gasteiger partial charge is 0.0193 e. The van der Waals surface area contributed by atoms with Gasteiger partial charge >= 0.3 is 0 Å². The second kappa shape index (κ2) is 10.1. The van der Waals surface area contributed by atoms with Crippen LogP contribution in [0.5, 0.6) is 0 Å². The average Bonchev–Trinajstić information content (AvgIpc) is 2.46. The van der Waals surface area contributed by atoms with Crippen LogP contribution in [0.2, 0.25) is 0 Å². The Morgan fingerprint density at radius 1 is 1.14 bits per heavy atom. The zero-order valence-electron chi connectivity index (χ0n) is 14.4. The van der Waals surface area contributed by atoms with Crippen molar-refractivity contribution in [3.8, 4) is 0 Å². The van der Waals surface area contributed by atoms with Gasteiger partial charge in [-0.25, -0.2) is 0 Å². The summed E-state index contributed by atoms with van der Waals surface area (Å²) in [5.74, 6) is 2.01. The summed E-state index contributed by atoms with van der Waals surface area (Å²) in [6.45, 7) is 14.5. The lowest BCUT2D eigenvalue weighted by atomic mass is 10.1. The van der Waals surface area contributed by atoms with Crippen LogP contribution >= 0.6 is 11.8 Å². The van der Waals surface area contributed by atoms with Crippen LogP contribution in [0.15, 0.2) is 34.7 Å². The normalized spacial score (nSPS) is 12.4. The summed E-state index contributed by atoms with van der Waals surface area (Å²) in [5.41, 5.74) is 2.74. The van der Waals surface area contributed by atoms with E-state index in [1.165, 1.54) is 28.2 Å². The molecule has 118 valence electrons. The topological polar surface area (TPSA) is 3.24 Å². The molecule has 0 unspecified atom stereocenters. The Hall–Kier alpha value is -0.730. The first-order valence-corrected chi connectivity index (χ1v) is 9.16. The summed E-state index contributed by atoms with van der Waals surface area (Å²) in [5, 5.41) is 0. The van der Waals surface area contributed by atoms with E-state index in [4.69, 9.17) is 0 Å². The molecule has 0 bridgehead atoms. The number of likely N-dealkylation sites (N-methyl/N-ethyl adjacent to an activating group) is 1. The van der Waals surface area contributed by atoms with E-state index in [9.17, 15) is 0 Å². The van der Waals surface area contributed by atoms with Crippen molar-refractivity contribution < 1.29 is 0 Å². The number of nitrogens with zero attached hydrogens (tertiary/aromatic N) is 1. The maximum Gasteiger partial charge on any atom is 0.0193 e. The van der Waals surface area contributed by atoms with Crippen LogP contribution in [0.25, 0.3) is 6.08 Å². The molecule has 0 spiro atoms. The maximum atomic E-state index is 2.45. The lowest BCUT2D eigenvalue weighted by Crippen LogP contribution is -2.24. The van der Waals surface area contributed by atoms with Crippen LogP contribution in [-0.4, -0.2) is 30.3 Å². The first kappa shape index (κ1) is 18.3. The zero-order chi connectivity index (χ0) is 15.7. The molecule has 0 atom stereocenters. The minimum Gasteiger partial charge on any atom is -0.300 e. The van der Waals surface area contributed by atoms with E-state index in [1.54, 1.807) is 0 Å². The zero-order valence-corrected chi connectivity index (χ0v) is 15.2. The van der Waals surface area contributed by atoms with Gasteiger partial charge in [-0.1, -0.05) is 51.5 Å². The second-order valence-electron chi connectivity index (χ2n) is 6.05. The molecule has 0 aliphatic rings. The highest BCUT2D eigenvalue weighted by Crippen LogP contribution is 2.21. The molecular weight excluding hydrogens is 274 g/mol. The van der Waals surface area contributed by atoms with Gasteiger partial charge in [-0.3, -0.25) is 4.90 Å². The minimum absolute atomic E-state index is 0.794. The fourth-order valence-corrected chi connectivity index (χ4v) is 3.36. The van der Waals surface area contributed by atoms with Gasteiger partial charge in [0.15, 0.2) is 0 Å². The summed E-state index contributed by atoms with van der Waals surface area (Å²) < 4.78 is 0. The summed E-state index contributed by atoms with van der Waals surface area (Å²) in [6.07, 6.45) is 3.59. The number of rotatable bonds is 9. The number of thioether (sulfide) groups is 1. The molecule has 0 heterocycles. The quantitative estimate of drug-likeness (QED) is 0.549. The molecule has 1 aromatic carbocycles. The Kier molecular flexibility index (Phi) is 8.79. The summed E-state index contributed by atoms with van der Waals surface area (Å²) in [4.78, 5) is 3.83. The number of benzene rings is 1. The highest BCUT2D eigenvalue weighted by molar-refractivity contribution is 7.99. The summed E-state index contributed by atoms with van der Waals surface area (Å²) in [6, 6.07) is 8.98. The Balaban J connectivity index is 2.53. The lowest BCUT2D eigenvalue weighted by Gasteiger charge is -2.18. The van der Waals surface area contributed by atoms with Crippen molar-refractivity contribution in [2.45, 2.75) is 45.9 Å². The third-order valence-corrected chi connectivity index (χ3v) is 4.67. The van der Waals surface area contributed by atoms with Gasteiger partial charge in [0.2, 0.25) is 0 Å². The van der Waals surface area contributed by atoms with E-state index in [2.05, 4.69) is 69.9 Å². The molecule has 0 saturated heterocycles. The molecule has 2 heteroatoms. The van der Waals surface area contributed by atoms with Crippen molar-refractivity contribution in [2.24, 2.45) is 5.92 Å². The molecule has 0 N–H and O–H groups in total. The van der Waals surface area contributed by atoms with Crippen molar-refractivity contribution in [1.29, 1.82) is 0 Å². The van der Waals surface area contributed by atoms with Gasteiger partial charge in [-0.2, -0.15) is 0 Å². The molecular formula is C19H31NS. The fraction of sp³-hybridized carbons (Fsp3) is 0.579. The molecule has 0 aromatic heterocycles. The van der Waals surface area contributed by atoms with Gasteiger partial charge in [-0.05, 0) is 55.8 Å². The molecule has 0 saturated carbocycles. The standard InChI is InChI=1S/C19H31NS/c1-6-20(7-2)15-17(5)14-18-8-10-19(11-9-18)21-13-12-16(3)4/h8-11,14,16H,6-7,12-13,15H2,1-5H3. The highest BCUT2D eigenvalue weighted by Gasteiger charge is 2.01. The Morgan fingerprint density at radius 3 is 2.29 bits per heavy atom. The second-order valence-corrected chi connectivity index (χ2v) is 7.22. The van der Waals surface area contributed by atoms with Gasteiger partial charge in [0.1, 0.15) is 0 Å². The van der Waals surface area contributed by atoms with Gasteiger partial charge in [0.05, 0.1) is 0 Å². The van der Waals surface area contributed by atoms with E-state index < -0.39 is 0 Å². The Bertz CT molecular complexity index is 416. The van der Waals surface area contributed by atoms with Crippen LogP contribution in [0.3, 0.4) is 0 Å². The van der Waals surface area contributed by atoms with Crippen LogP contribution in [0.4, 0.5) is 0 Å². The molecule has 0 radical (unpaired) electrons. The monoisotopic (exact) mass is 305 g/mol. The van der Waals surface area contributed by atoms with Crippen molar-refractivity contribution in [1.82, 2.24) is 4.90 Å². The molecule has 1 nitrogen and oxygen atoms in total. The average molecular weight is 306 g/mol. The van der Waals surface area contributed by atoms with E-state index >= 15 is 0 Å². The van der Waals surface area contributed by atoms with Gasteiger partial charge in [0, 0.05) is 11.4 Å². The molecule has 21 heavy (non-hydrogen) atoms. The van der Waals surface area contributed by atoms with Crippen molar-refractivity contribution in [3.05, 3.63) is 35.4 Å². The summed E-state index contributed by atoms with van der Waals surface area (Å²) in [7, 11) is 0. The Labute approximate surface area is 135 Å². The number of hydrogen-bond acceptors (Lipinski definition) is 2. The first-order valence-electron chi connectivity index (χ1n) is 8.17. The molecule has 0 amide bonds. The van der Waals surface area contributed by atoms with Crippen LogP contribution in [0.1, 0.15) is 46.6 Å². The van der Waals surface area contributed by atoms with Crippen LogP contribution in [0, 0.1) is 5.92 Å². The van der Waals surface area contributed by atoms with E-state index in [0.29, 0.717) is 0 Å². The molecule has 0 aliphatic carbocycles. The third-order valence-electron chi connectivity index (χ3n) is 3.62. The van der Waals surface area contributed by atoms with Gasteiger partial charge in [-0.15, -0.1) is 11.8 Å². The highest BCUT2D eigenvalue weighted by atomic mass is 32.2. The predicted octanol–water partition coefficient (Wildman–Crippen LogP) is 5.57.